The molecular formula is C23H21BrN2O4S. The van der Waals surface area contributed by atoms with Crippen LogP contribution in [0.1, 0.15) is 42.1 Å². The van der Waals surface area contributed by atoms with E-state index in [1.54, 1.807) is 49.4 Å². The van der Waals surface area contributed by atoms with Gasteiger partial charge in [-0.05, 0) is 49.2 Å². The highest BCUT2D eigenvalue weighted by Gasteiger charge is 2.22. The number of allylic oxidation sites excluding steroid dienone is 6. The Balaban J connectivity index is 1.96. The zero-order chi connectivity index (χ0) is 22.4. The van der Waals surface area contributed by atoms with Gasteiger partial charge in [0, 0.05) is 40.0 Å². The Hall–Kier alpha value is -2.84. The molecule has 0 spiro atoms. The molecule has 160 valence electrons. The summed E-state index contributed by atoms with van der Waals surface area (Å²) in [6, 6.07) is 7.92. The summed E-state index contributed by atoms with van der Waals surface area (Å²) in [5.41, 5.74) is 1.26. The first-order chi connectivity index (χ1) is 14.8. The number of halogens is 1. The van der Waals surface area contributed by atoms with Gasteiger partial charge in [0.15, 0.2) is 11.6 Å². The van der Waals surface area contributed by atoms with E-state index in [-0.39, 0.29) is 34.1 Å². The first-order valence-electron chi connectivity index (χ1n) is 9.69. The van der Waals surface area contributed by atoms with E-state index in [4.69, 9.17) is 0 Å². The van der Waals surface area contributed by atoms with E-state index in [1.165, 1.54) is 24.5 Å². The molecule has 0 aliphatic heterocycles. The van der Waals surface area contributed by atoms with Crippen LogP contribution in [0.25, 0.3) is 0 Å². The summed E-state index contributed by atoms with van der Waals surface area (Å²) in [6.45, 7) is 1.76. The average molecular weight is 501 g/mol. The minimum Gasteiger partial charge on any atom is -0.294 e. The number of Topliss-reactive ketones (excluding diaryl/α,β-unsaturated/α-hetero) is 1. The lowest BCUT2D eigenvalue weighted by Crippen LogP contribution is -2.18. The summed E-state index contributed by atoms with van der Waals surface area (Å²) in [7, 11) is -3.94. The Morgan fingerprint density at radius 3 is 2.58 bits per heavy atom. The summed E-state index contributed by atoms with van der Waals surface area (Å²) >= 11 is 3.34. The Morgan fingerprint density at radius 2 is 1.87 bits per heavy atom. The number of anilines is 1. The zero-order valence-electron chi connectivity index (χ0n) is 16.8. The molecule has 1 aliphatic rings. The van der Waals surface area contributed by atoms with Crippen molar-refractivity contribution < 1.29 is 18.0 Å². The fourth-order valence-electron chi connectivity index (χ4n) is 3.03. The molecule has 0 atom stereocenters. The van der Waals surface area contributed by atoms with Crippen molar-refractivity contribution in [2.75, 3.05) is 4.72 Å². The highest BCUT2D eigenvalue weighted by Crippen LogP contribution is 2.27. The molecule has 1 aromatic carbocycles. The first-order valence-corrected chi connectivity index (χ1v) is 12.0. The van der Waals surface area contributed by atoms with Crippen LogP contribution in [-0.2, 0) is 14.8 Å². The van der Waals surface area contributed by atoms with Gasteiger partial charge >= 0.3 is 0 Å². The van der Waals surface area contributed by atoms with Crippen molar-refractivity contribution >= 4 is 43.2 Å². The molecule has 1 heterocycles. The molecule has 0 saturated carbocycles. The second-order valence-corrected chi connectivity index (χ2v) is 9.48. The number of pyridine rings is 1. The molecule has 31 heavy (non-hydrogen) atoms. The van der Waals surface area contributed by atoms with Crippen LogP contribution in [0.15, 0.2) is 82.0 Å². The predicted octanol–water partition coefficient (Wildman–Crippen LogP) is 4.96. The third kappa shape index (κ3) is 5.65. The molecule has 1 N–H and O–H groups in total. The van der Waals surface area contributed by atoms with Crippen molar-refractivity contribution in [3.63, 3.8) is 0 Å². The van der Waals surface area contributed by atoms with Crippen molar-refractivity contribution in [3.05, 3.63) is 93.1 Å². The van der Waals surface area contributed by atoms with Gasteiger partial charge in [-0.15, -0.1) is 0 Å². The number of hydrogen-bond acceptors (Lipinski definition) is 5. The van der Waals surface area contributed by atoms with Crippen molar-refractivity contribution in [3.8, 4) is 0 Å². The largest absolute Gasteiger partial charge is 0.294 e. The highest BCUT2D eigenvalue weighted by molar-refractivity contribution is 9.10. The Bertz CT molecular complexity index is 1200. The SMILES string of the molecule is CCC(=O)C1=C/C=C(/S(=O)(=O)Nc2ccc(Br)cc2C(=O)c2ccncc2)CC/C=C\1. The summed E-state index contributed by atoms with van der Waals surface area (Å²) in [4.78, 5) is 29.0. The maximum absolute atomic E-state index is 13.1. The summed E-state index contributed by atoms with van der Waals surface area (Å²) in [5, 5.41) is 0. The van der Waals surface area contributed by atoms with Crippen LogP contribution in [-0.4, -0.2) is 25.0 Å². The summed E-state index contributed by atoms with van der Waals surface area (Å²) in [5.74, 6) is -0.385. The van der Waals surface area contributed by atoms with Crippen LogP contribution in [0.3, 0.4) is 0 Å². The number of sulfonamides is 1. The monoisotopic (exact) mass is 500 g/mol. The number of carbonyl (C=O) groups is 2. The van der Waals surface area contributed by atoms with Crippen LogP contribution in [0.5, 0.6) is 0 Å². The molecule has 6 nitrogen and oxygen atoms in total. The number of ketones is 2. The molecule has 0 saturated heterocycles. The van der Waals surface area contributed by atoms with Crippen LogP contribution >= 0.6 is 15.9 Å². The van der Waals surface area contributed by atoms with Gasteiger partial charge in [0.05, 0.1) is 10.6 Å². The number of nitrogens with zero attached hydrogens (tertiary/aromatic N) is 1. The topological polar surface area (TPSA) is 93.2 Å². The number of rotatable bonds is 7. The second kappa shape index (κ2) is 9.98. The third-order valence-electron chi connectivity index (χ3n) is 4.70. The number of hydrogen-bond donors (Lipinski definition) is 1. The summed E-state index contributed by atoms with van der Waals surface area (Å²) in [6.07, 6.45) is 10.6. The minimum atomic E-state index is -3.94. The van der Waals surface area contributed by atoms with E-state index in [0.29, 0.717) is 28.5 Å². The lowest BCUT2D eigenvalue weighted by molar-refractivity contribution is -0.115. The van der Waals surface area contributed by atoms with Gasteiger partial charge in [0.1, 0.15) is 0 Å². The molecular weight excluding hydrogens is 480 g/mol. The van der Waals surface area contributed by atoms with Crippen molar-refractivity contribution in [2.45, 2.75) is 26.2 Å². The molecule has 0 bridgehead atoms. The highest BCUT2D eigenvalue weighted by atomic mass is 79.9. The molecule has 0 unspecified atom stereocenters. The predicted molar refractivity (Wildman–Crippen MR) is 124 cm³/mol. The molecule has 0 amide bonds. The van der Waals surface area contributed by atoms with Crippen LogP contribution in [0.2, 0.25) is 0 Å². The van der Waals surface area contributed by atoms with Gasteiger partial charge in [-0.3, -0.25) is 19.3 Å². The van der Waals surface area contributed by atoms with Gasteiger partial charge in [0.25, 0.3) is 10.0 Å². The van der Waals surface area contributed by atoms with Crippen LogP contribution in [0, 0.1) is 0 Å². The van der Waals surface area contributed by atoms with Crippen molar-refractivity contribution in [1.82, 2.24) is 4.98 Å². The smallest absolute Gasteiger partial charge is 0.258 e. The minimum absolute atomic E-state index is 0.0581. The van der Waals surface area contributed by atoms with E-state index >= 15 is 0 Å². The van der Waals surface area contributed by atoms with Crippen LogP contribution < -0.4 is 4.72 Å². The zero-order valence-corrected chi connectivity index (χ0v) is 19.2. The molecule has 3 rings (SSSR count). The van der Waals surface area contributed by atoms with Crippen molar-refractivity contribution in [2.24, 2.45) is 0 Å². The summed E-state index contributed by atoms with van der Waals surface area (Å²) < 4.78 is 29.4. The maximum Gasteiger partial charge on any atom is 0.258 e. The molecule has 0 fully saturated rings. The number of carbonyl (C=O) groups excluding carboxylic acids is 2. The fraction of sp³-hybridized carbons (Fsp3) is 0.174. The molecule has 8 heteroatoms. The van der Waals surface area contributed by atoms with Gasteiger partial charge in [0.2, 0.25) is 0 Å². The first kappa shape index (κ1) is 22.8. The number of aromatic nitrogens is 1. The lowest BCUT2D eigenvalue weighted by atomic mass is 10.0. The lowest BCUT2D eigenvalue weighted by Gasteiger charge is -2.15. The number of nitrogens with one attached hydrogen (secondary N) is 1. The quantitative estimate of drug-likeness (QED) is 0.542. The van der Waals surface area contributed by atoms with E-state index in [1.807, 2.05) is 0 Å². The van der Waals surface area contributed by atoms with Gasteiger partial charge < -0.3 is 0 Å². The number of benzene rings is 1. The van der Waals surface area contributed by atoms with E-state index in [0.717, 1.165) is 0 Å². The van der Waals surface area contributed by atoms with E-state index in [9.17, 15) is 18.0 Å². The molecule has 1 aliphatic carbocycles. The van der Waals surface area contributed by atoms with Crippen molar-refractivity contribution in [1.29, 1.82) is 0 Å². The molecule has 2 aromatic rings. The molecule has 0 radical (unpaired) electrons. The Kier molecular flexibility index (Phi) is 7.35. The third-order valence-corrected chi connectivity index (χ3v) is 6.72. The fourth-order valence-corrected chi connectivity index (χ4v) is 4.63. The van der Waals surface area contributed by atoms with E-state index < -0.39 is 10.0 Å². The average Bonchev–Trinajstić information content (AvgIpc) is 2.74. The van der Waals surface area contributed by atoms with Gasteiger partial charge in [-0.25, -0.2) is 8.42 Å². The molecule has 1 aromatic heterocycles. The Morgan fingerprint density at radius 1 is 1.13 bits per heavy atom. The van der Waals surface area contributed by atoms with E-state index in [2.05, 4.69) is 25.6 Å². The second-order valence-electron chi connectivity index (χ2n) is 6.83. The normalized spacial score (nSPS) is 18.5. The van der Waals surface area contributed by atoms with Gasteiger partial charge in [-0.2, -0.15) is 0 Å². The van der Waals surface area contributed by atoms with Crippen LogP contribution in [0.4, 0.5) is 5.69 Å². The standard InChI is InChI=1S/C23H21BrN2O4S/c1-2-22(27)16-5-3-4-6-19(9-7-16)31(29,30)26-21-10-8-18(24)15-20(21)23(28)17-11-13-25-14-12-17/h3,5,7-15,26H,2,4,6H2,1H3/b5-3-,16-7+,19-9+. The maximum atomic E-state index is 13.1. The Labute approximate surface area is 190 Å². The van der Waals surface area contributed by atoms with Gasteiger partial charge in [-0.1, -0.05) is 41.1 Å².